The minimum atomic E-state index is -1.11. The molecule has 2 rings (SSSR count). The molecular weight excluding hydrogens is 490 g/mol. The van der Waals surface area contributed by atoms with Gasteiger partial charge in [-0.3, -0.25) is 5.32 Å². The van der Waals surface area contributed by atoms with Gasteiger partial charge in [-0.1, -0.05) is 12.1 Å². The molecule has 0 saturated heterocycles. The van der Waals surface area contributed by atoms with Gasteiger partial charge in [0.1, 0.15) is 11.4 Å². The summed E-state index contributed by atoms with van der Waals surface area (Å²) in [7, 11) is 0. The largest absolute Gasteiger partial charge is 0.484 e. The van der Waals surface area contributed by atoms with Gasteiger partial charge in [0.05, 0.1) is 18.1 Å². The fourth-order valence-electron chi connectivity index (χ4n) is 2.13. The number of hydrogen-bond acceptors (Lipinski definition) is 3. The predicted octanol–water partition coefficient (Wildman–Crippen LogP) is 6.03. The van der Waals surface area contributed by atoms with Crippen LogP contribution in [0.25, 0.3) is 0 Å². The van der Waals surface area contributed by atoms with Crippen LogP contribution in [0.3, 0.4) is 0 Å². The Morgan fingerprint density at radius 3 is 2.62 bits per heavy atom. The Balaban J connectivity index is 2.43. The molecule has 4 nitrogen and oxygen atoms in total. The smallest absolute Gasteiger partial charge is 0.409 e. The molecule has 21 heavy (non-hydrogen) atoms. The summed E-state index contributed by atoms with van der Waals surface area (Å²) in [6.07, 6.45) is -1.11. The van der Waals surface area contributed by atoms with Crippen molar-refractivity contribution in [3.05, 3.63) is 31.0 Å². The van der Waals surface area contributed by atoms with Gasteiger partial charge in [0.25, 0.3) is 0 Å². The first-order valence-electron chi connectivity index (χ1n) is 5.91. The Morgan fingerprint density at radius 1 is 1.38 bits per heavy atom. The van der Waals surface area contributed by atoms with Crippen LogP contribution in [0.2, 0.25) is 0 Å². The van der Waals surface area contributed by atoms with E-state index < -0.39 is 11.7 Å². The summed E-state index contributed by atoms with van der Waals surface area (Å²) in [5.41, 5.74) is 0.973. The van der Waals surface area contributed by atoms with Gasteiger partial charge in [-0.05, 0) is 67.7 Å². The summed E-state index contributed by atoms with van der Waals surface area (Å²) in [6, 6.07) is 5.47. The van der Waals surface area contributed by atoms with E-state index >= 15 is 0 Å². The number of fused-ring (bicyclic) bond motifs is 1. The number of halogens is 3. The van der Waals surface area contributed by atoms with Crippen molar-refractivity contribution in [2.45, 2.75) is 24.7 Å². The average Bonchev–Trinajstić information content (AvgIpc) is 2.61. The molecule has 1 atom stereocenters. The molecule has 0 spiro atoms. The lowest BCUT2D eigenvalue weighted by atomic mass is 10.0. The Hall–Kier alpha value is -0.180. The van der Waals surface area contributed by atoms with Gasteiger partial charge >= 0.3 is 6.09 Å². The lowest BCUT2D eigenvalue weighted by molar-refractivity contribution is 0.136. The van der Waals surface area contributed by atoms with Gasteiger partial charge in [0.2, 0.25) is 0 Å². The third-order valence-electron chi connectivity index (χ3n) is 2.94. The number of amides is 1. The number of rotatable bonds is 3. The fourth-order valence-corrected chi connectivity index (χ4v) is 4.20. The Kier molecular flexibility index (Phi) is 5.33. The first-order valence-corrected chi connectivity index (χ1v) is 9.17. The van der Waals surface area contributed by atoms with Gasteiger partial charge in [-0.15, -0.1) is 11.8 Å². The van der Waals surface area contributed by atoms with Crippen LogP contribution >= 0.6 is 59.6 Å². The van der Waals surface area contributed by atoms with Gasteiger partial charge < -0.3 is 9.84 Å². The Labute approximate surface area is 152 Å². The zero-order valence-corrected chi connectivity index (χ0v) is 16.7. The summed E-state index contributed by atoms with van der Waals surface area (Å²) < 4.78 is 7.73. The molecule has 0 aliphatic carbocycles. The third-order valence-corrected chi connectivity index (χ3v) is 7.74. The van der Waals surface area contributed by atoms with E-state index in [-0.39, 0.29) is 5.25 Å². The van der Waals surface area contributed by atoms with Crippen LogP contribution in [0.5, 0.6) is 5.75 Å². The molecule has 0 fully saturated rings. The lowest BCUT2D eigenvalue weighted by Crippen LogP contribution is -2.28. The maximum Gasteiger partial charge on any atom is 0.409 e. The Bertz CT molecular complexity index is 615. The highest BCUT2D eigenvalue weighted by Crippen LogP contribution is 2.56. The fraction of sp³-hybridized carbons (Fsp3) is 0.308. The van der Waals surface area contributed by atoms with Crippen LogP contribution in [0.4, 0.5) is 10.5 Å². The first-order chi connectivity index (χ1) is 9.72. The standard InChI is InChI=1S/C13H12Br3NO3S/c1-13(2)9(21-11(16)10(14)15)6-4-3-5-7(8(6)20-13)17-12(18)19/h3-5,9,17H,1-2H3,(H,18,19). The lowest BCUT2D eigenvalue weighted by Gasteiger charge is -2.25. The summed E-state index contributed by atoms with van der Waals surface area (Å²) in [4.78, 5) is 10.9. The molecule has 1 aromatic carbocycles. The molecule has 2 N–H and O–H groups in total. The van der Waals surface area contributed by atoms with E-state index in [1.807, 2.05) is 26.0 Å². The third kappa shape index (κ3) is 3.78. The second kappa shape index (κ2) is 6.52. The van der Waals surface area contributed by atoms with Crippen molar-refractivity contribution in [1.29, 1.82) is 0 Å². The summed E-state index contributed by atoms with van der Waals surface area (Å²) in [5.74, 6) is 0.591. The van der Waals surface area contributed by atoms with Crippen molar-refractivity contribution < 1.29 is 14.6 Å². The second-order valence-electron chi connectivity index (χ2n) is 4.89. The van der Waals surface area contributed by atoms with E-state index in [0.717, 1.165) is 12.8 Å². The Morgan fingerprint density at radius 2 is 2.05 bits per heavy atom. The maximum atomic E-state index is 10.9. The normalized spacial score (nSPS) is 18.6. The highest BCUT2D eigenvalue weighted by molar-refractivity contribution is 9.29. The van der Waals surface area contributed by atoms with Crippen molar-refractivity contribution in [2.24, 2.45) is 0 Å². The van der Waals surface area contributed by atoms with Crippen molar-refractivity contribution in [1.82, 2.24) is 0 Å². The van der Waals surface area contributed by atoms with Crippen molar-refractivity contribution in [3.8, 4) is 5.75 Å². The van der Waals surface area contributed by atoms with E-state index in [1.54, 1.807) is 17.8 Å². The summed E-state index contributed by atoms with van der Waals surface area (Å²) in [6.45, 7) is 3.97. The minimum absolute atomic E-state index is 0.0301. The minimum Gasteiger partial charge on any atom is -0.484 e. The number of hydrogen-bond donors (Lipinski definition) is 2. The molecule has 114 valence electrons. The van der Waals surface area contributed by atoms with E-state index in [4.69, 9.17) is 9.84 Å². The average molecular weight is 502 g/mol. The number of anilines is 1. The number of para-hydroxylation sites is 1. The monoisotopic (exact) mass is 499 g/mol. The molecule has 1 aromatic rings. The molecule has 1 unspecified atom stereocenters. The SMILES string of the molecule is CC1(C)Oc2c(NC(=O)O)cccc2C1SC(Br)=C(Br)Br. The van der Waals surface area contributed by atoms with Gasteiger partial charge in [0, 0.05) is 5.56 Å². The van der Waals surface area contributed by atoms with E-state index in [1.165, 1.54) is 0 Å². The van der Waals surface area contributed by atoms with Crippen LogP contribution in [0, 0.1) is 0 Å². The van der Waals surface area contributed by atoms with Crippen LogP contribution in [-0.4, -0.2) is 16.8 Å². The maximum absolute atomic E-state index is 10.9. The summed E-state index contributed by atoms with van der Waals surface area (Å²) in [5, 5.41) is 11.3. The van der Waals surface area contributed by atoms with Gasteiger partial charge in [-0.25, -0.2) is 4.79 Å². The molecule has 1 heterocycles. The van der Waals surface area contributed by atoms with E-state index in [0.29, 0.717) is 11.4 Å². The zero-order valence-electron chi connectivity index (χ0n) is 11.1. The van der Waals surface area contributed by atoms with Crippen LogP contribution < -0.4 is 10.1 Å². The van der Waals surface area contributed by atoms with Crippen molar-refractivity contribution in [3.63, 3.8) is 0 Å². The number of ether oxygens (including phenoxy) is 1. The van der Waals surface area contributed by atoms with Crippen molar-refractivity contribution >= 4 is 71.3 Å². The van der Waals surface area contributed by atoms with Crippen LogP contribution in [0.15, 0.2) is 25.4 Å². The molecule has 0 saturated carbocycles. The first kappa shape index (κ1) is 17.2. The quantitative estimate of drug-likeness (QED) is 0.530. The number of benzene rings is 1. The summed E-state index contributed by atoms with van der Waals surface area (Å²) >= 11 is 11.8. The predicted molar refractivity (Wildman–Crippen MR) is 96.9 cm³/mol. The van der Waals surface area contributed by atoms with Gasteiger partial charge in [0.15, 0.2) is 0 Å². The topological polar surface area (TPSA) is 58.6 Å². The number of thioether (sulfide) groups is 1. The molecule has 1 aliphatic heterocycles. The van der Waals surface area contributed by atoms with Crippen LogP contribution in [-0.2, 0) is 0 Å². The van der Waals surface area contributed by atoms with Crippen LogP contribution in [0.1, 0.15) is 24.7 Å². The van der Waals surface area contributed by atoms with E-state index in [9.17, 15) is 4.79 Å². The second-order valence-corrected chi connectivity index (χ2v) is 9.97. The zero-order chi connectivity index (χ0) is 15.8. The molecule has 8 heteroatoms. The highest BCUT2D eigenvalue weighted by Gasteiger charge is 2.43. The molecule has 0 radical (unpaired) electrons. The molecule has 1 aliphatic rings. The number of carboxylic acid groups (broad SMARTS) is 1. The molecule has 0 bridgehead atoms. The van der Waals surface area contributed by atoms with Crippen molar-refractivity contribution in [2.75, 3.05) is 5.32 Å². The highest BCUT2D eigenvalue weighted by atomic mass is 79.9. The number of carbonyl (C=O) groups is 1. The molecular formula is C13H12Br3NO3S. The number of nitrogens with one attached hydrogen (secondary N) is 1. The molecule has 0 aromatic heterocycles. The molecule has 1 amide bonds. The van der Waals surface area contributed by atoms with Gasteiger partial charge in [-0.2, -0.15) is 0 Å². The van der Waals surface area contributed by atoms with E-state index in [2.05, 4.69) is 53.1 Å².